The van der Waals surface area contributed by atoms with Crippen molar-refractivity contribution in [2.45, 2.75) is 30.7 Å². The summed E-state index contributed by atoms with van der Waals surface area (Å²) < 4.78 is 6.46. The van der Waals surface area contributed by atoms with Gasteiger partial charge in [-0.15, -0.1) is 0 Å². The number of ether oxygens (including phenoxy) is 1. The van der Waals surface area contributed by atoms with Crippen LogP contribution in [0.15, 0.2) is 48.5 Å². The second-order valence-corrected chi connectivity index (χ2v) is 6.19. The quantitative estimate of drug-likeness (QED) is 0.852. The van der Waals surface area contributed by atoms with Gasteiger partial charge in [-0.25, -0.2) is 0 Å². The Morgan fingerprint density at radius 1 is 1.05 bits per heavy atom. The molecule has 0 aromatic heterocycles. The molecule has 0 amide bonds. The average molecular weight is 295 g/mol. The smallest absolute Gasteiger partial charge is 0.120 e. The summed E-state index contributed by atoms with van der Waals surface area (Å²) in [6.45, 7) is 0.961. The van der Waals surface area contributed by atoms with Crippen molar-refractivity contribution in [3.8, 4) is 0 Å². The van der Waals surface area contributed by atoms with Crippen LogP contribution in [0.1, 0.15) is 47.3 Å². The monoisotopic (exact) mass is 295 g/mol. The zero-order chi connectivity index (χ0) is 15.2. The summed E-state index contributed by atoms with van der Waals surface area (Å²) in [4.78, 5) is 0. The molecular formula is C19H21NO2. The molecule has 2 aromatic rings. The third-order valence-corrected chi connectivity index (χ3v) is 4.99. The van der Waals surface area contributed by atoms with Crippen molar-refractivity contribution in [2.75, 3.05) is 13.6 Å². The molecule has 2 bridgehead atoms. The molecule has 0 fully saturated rings. The maximum absolute atomic E-state index is 10.7. The Balaban J connectivity index is 1.90. The summed E-state index contributed by atoms with van der Waals surface area (Å²) in [6, 6.07) is 16.5. The van der Waals surface area contributed by atoms with Gasteiger partial charge in [0.25, 0.3) is 0 Å². The van der Waals surface area contributed by atoms with Crippen LogP contribution in [-0.2, 0) is 10.3 Å². The van der Waals surface area contributed by atoms with Crippen molar-refractivity contribution in [2.24, 2.45) is 0 Å². The van der Waals surface area contributed by atoms with Crippen molar-refractivity contribution in [3.63, 3.8) is 0 Å². The van der Waals surface area contributed by atoms with Gasteiger partial charge in [-0.1, -0.05) is 48.5 Å². The third-order valence-electron chi connectivity index (χ3n) is 4.99. The van der Waals surface area contributed by atoms with Gasteiger partial charge in [-0.3, -0.25) is 0 Å². The summed E-state index contributed by atoms with van der Waals surface area (Å²) in [5, 5.41) is 14.0. The summed E-state index contributed by atoms with van der Waals surface area (Å²) in [6.07, 6.45) is 1.12. The third kappa shape index (κ3) is 1.80. The first kappa shape index (κ1) is 13.9. The van der Waals surface area contributed by atoms with E-state index in [0.29, 0.717) is 0 Å². The van der Waals surface area contributed by atoms with Gasteiger partial charge in [0, 0.05) is 0 Å². The largest absolute Gasteiger partial charge is 0.385 e. The van der Waals surface area contributed by atoms with E-state index >= 15 is 0 Å². The Hall–Kier alpha value is -1.68. The lowest BCUT2D eigenvalue weighted by Gasteiger charge is -2.39. The fourth-order valence-electron chi connectivity index (χ4n) is 4.03. The van der Waals surface area contributed by atoms with Gasteiger partial charge >= 0.3 is 0 Å². The van der Waals surface area contributed by atoms with Crippen LogP contribution in [0.5, 0.6) is 0 Å². The summed E-state index contributed by atoms with van der Waals surface area (Å²) in [7, 11) is 1.97. The normalized spacial score (nSPS) is 28.3. The second kappa shape index (κ2) is 5.20. The number of fused-ring (bicyclic) bond motifs is 7. The minimum Gasteiger partial charge on any atom is -0.385 e. The predicted molar refractivity (Wildman–Crippen MR) is 85.6 cm³/mol. The lowest BCUT2D eigenvalue weighted by molar-refractivity contribution is -0.123. The Bertz CT molecular complexity index is 699. The maximum atomic E-state index is 10.7. The number of aliphatic hydroxyl groups is 1. The van der Waals surface area contributed by atoms with Crippen molar-refractivity contribution in [1.82, 2.24) is 5.32 Å². The van der Waals surface area contributed by atoms with E-state index in [1.165, 1.54) is 5.56 Å². The highest BCUT2D eigenvalue weighted by Gasteiger charge is 2.53. The molecule has 2 heterocycles. The van der Waals surface area contributed by atoms with Crippen LogP contribution in [0.4, 0.5) is 0 Å². The fourth-order valence-corrected chi connectivity index (χ4v) is 4.03. The van der Waals surface area contributed by atoms with Gasteiger partial charge in [0.15, 0.2) is 0 Å². The van der Waals surface area contributed by atoms with Gasteiger partial charge in [-0.05, 0) is 48.7 Å². The molecule has 2 aliphatic rings. The molecule has 0 radical (unpaired) electrons. The fraction of sp³-hybridized carbons (Fsp3) is 0.368. The van der Waals surface area contributed by atoms with Gasteiger partial charge in [-0.2, -0.15) is 0 Å². The lowest BCUT2D eigenvalue weighted by atomic mass is 9.80. The first-order chi connectivity index (χ1) is 10.8. The molecule has 4 rings (SSSR count). The van der Waals surface area contributed by atoms with Crippen molar-refractivity contribution < 1.29 is 9.84 Å². The molecule has 2 N–H and O–H groups in total. The number of nitrogens with one attached hydrogen (secondary N) is 1. The SMILES string of the molecule is CNCCC[C@]12O[C@H](c3ccccc31)[C@H](O)c1ccccc12. The van der Waals surface area contributed by atoms with E-state index in [1.807, 2.05) is 31.3 Å². The summed E-state index contributed by atoms with van der Waals surface area (Å²) in [5.74, 6) is 0. The van der Waals surface area contributed by atoms with Gasteiger partial charge in [0.2, 0.25) is 0 Å². The van der Waals surface area contributed by atoms with E-state index in [9.17, 15) is 5.11 Å². The van der Waals surface area contributed by atoms with Crippen molar-refractivity contribution in [1.29, 1.82) is 0 Å². The van der Waals surface area contributed by atoms with Crippen molar-refractivity contribution >= 4 is 0 Å². The zero-order valence-electron chi connectivity index (χ0n) is 12.8. The van der Waals surface area contributed by atoms with E-state index in [-0.39, 0.29) is 6.10 Å². The summed E-state index contributed by atoms with van der Waals surface area (Å²) in [5.41, 5.74) is 4.09. The van der Waals surface area contributed by atoms with Crippen molar-refractivity contribution in [3.05, 3.63) is 70.8 Å². The van der Waals surface area contributed by atoms with Crippen LogP contribution in [0, 0.1) is 0 Å². The van der Waals surface area contributed by atoms with Gasteiger partial charge in [0.05, 0.1) is 0 Å². The van der Waals surface area contributed by atoms with E-state index in [2.05, 4.69) is 29.6 Å². The zero-order valence-corrected chi connectivity index (χ0v) is 12.8. The van der Waals surface area contributed by atoms with E-state index in [0.717, 1.165) is 36.1 Å². The maximum Gasteiger partial charge on any atom is 0.120 e. The number of rotatable bonds is 4. The van der Waals surface area contributed by atoms with Crippen LogP contribution < -0.4 is 5.32 Å². The molecule has 22 heavy (non-hydrogen) atoms. The molecule has 3 atom stereocenters. The highest BCUT2D eigenvalue weighted by molar-refractivity contribution is 5.53. The number of benzene rings is 2. The van der Waals surface area contributed by atoms with Gasteiger partial charge < -0.3 is 15.2 Å². The van der Waals surface area contributed by atoms with E-state index < -0.39 is 11.7 Å². The van der Waals surface area contributed by atoms with Crippen LogP contribution in [-0.4, -0.2) is 18.7 Å². The second-order valence-electron chi connectivity index (χ2n) is 6.19. The summed E-state index contributed by atoms with van der Waals surface area (Å²) >= 11 is 0. The molecule has 0 aliphatic carbocycles. The minimum atomic E-state index is -0.586. The molecule has 3 heteroatoms. The van der Waals surface area contributed by atoms with E-state index in [1.54, 1.807) is 0 Å². The molecule has 2 aromatic carbocycles. The molecule has 0 spiro atoms. The van der Waals surface area contributed by atoms with E-state index in [4.69, 9.17) is 4.74 Å². The molecule has 0 saturated carbocycles. The first-order valence-corrected chi connectivity index (χ1v) is 7.97. The molecule has 0 saturated heterocycles. The Morgan fingerprint density at radius 3 is 2.41 bits per heavy atom. The molecule has 114 valence electrons. The molecule has 3 nitrogen and oxygen atoms in total. The minimum absolute atomic E-state index is 0.249. The standard InChI is InChI=1S/C19H21NO2/c1-20-12-6-11-19-15-9-4-2-7-13(15)17(21)18(22-19)14-8-3-5-10-16(14)19/h2-5,7-10,17-18,20-21H,6,11-12H2,1H3/t17-,18-,19-/m1/s1. The number of hydrogen-bond acceptors (Lipinski definition) is 3. The van der Waals surface area contributed by atoms with Gasteiger partial charge in [0.1, 0.15) is 17.8 Å². The number of aliphatic hydroxyl groups excluding tert-OH is 1. The lowest BCUT2D eigenvalue weighted by Crippen LogP contribution is -2.34. The topological polar surface area (TPSA) is 41.5 Å². The molecule has 2 aliphatic heterocycles. The Morgan fingerprint density at radius 2 is 1.68 bits per heavy atom. The number of hydrogen-bond donors (Lipinski definition) is 2. The molecule has 0 unspecified atom stereocenters. The molecular weight excluding hydrogens is 274 g/mol. The highest BCUT2D eigenvalue weighted by Crippen LogP contribution is 2.58. The first-order valence-electron chi connectivity index (χ1n) is 7.97. The Labute approximate surface area is 130 Å². The van der Waals surface area contributed by atoms with Crippen LogP contribution in [0.25, 0.3) is 0 Å². The van der Waals surface area contributed by atoms with Crippen LogP contribution in [0.2, 0.25) is 0 Å². The Kier molecular flexibility index (Phi) is 3.30. The predicted octanol–water partition coefficient (Wildman–Crippen LogP) is 3.05. The average Bonchev–Trinajstić information content (AvgIpc) is 2.87. The van der Waals surface area contributed by atoms with Crippen LogP contribution in [0.3, 0.4) is 0 Å². The van der Waals surface area contributed by atoms with Crippen LogP contribution >= 0.6 is 0 Å². The highest BCUT2D eigenvalue weighted by atomic mass is 16.5.